The molecule has 0 fully saturated rings. The molecule has 0 spiro atoms. The smallest absolute Gasteiger partial charge is 0.253 e. The fourth-order valence-corrected chi connectivity index (χ4v) is 3.86. The number of H-pyrrole nitrogens is 1. The number of carbonyl (C=O) groups is 2. The number of aromatic nitrogens is 3. The molecule has 2 N–H and O–H groups in total. The summed E-state index contributed by atoms with van der Waals surface area (Å²) >= 11 is 1.24. The first-order chi connectivity index (χ1) is 16.0. The molecule has 0 saturated carbocycles. The highest BCUT2D eigenvalue weighted by Gasteiger charge is 2.19. The van der Waals surface area contributed by atoms with Crippen LogP contribution in [0.25, 0.3) is 11.4 Å². The van der Waals surface area contributed by atoms with Crippen molar-refractivity contribution in [2.24, 2.45) is 0 Å². The Bertz CT molecular complexity index is 1240. The van der Waals surface area contributed by atoms with Crippen LogP contribution in [0.4, 0.5) is 5.69 Å². The van der Waals surface area contributed by atoms with E-state index in [2.05, 4.69) is 20.5 Å². The summed E-state index contributed by atoms with van der Waals surface area (Å²) in [6, 6.07) is 18.5. The molecular formula is C24H23N5O3S. The molecule has 4 rings (SSSR count). The first-order valence-corrected chi connectivity index (χ1v) is 11.3. The second-order valence-electron chi connectivity index (χ2n) is 7.35. The molecule has 0 aliphatic rings. The molecular weight excluding hydrogens is 438 g/mol. The summed E-state index contributed by atoms with van der Waals surface area (Å²) in [5.74, 6) is 0.971. The van der Waals surface area contributed by atoms with Crippen molar-refractivity contribution < 1.29 is 14.0 Å². The number of aryl methyl sites for hydroxylation is 1. The fraction of sp³-hybridized carbons (Fsp3) is 0.167. The van der Waals surface area contributed by atoms with Gasteiger partial charge in [-0.2, -0.15) is 0 Å². The Labute approximate surface area is 195 Å². The largest absolute Gasteiger partial charge is 0.467 e. The van der Waals surface area contributed by atoms with E-state index >= 15 is 0 Å². The maximum atomic E-state index is 12.8. The Hall–Kier alpha value is -3.85. The topological polar surface area (TPSA) is 104 Å². The van der Waals surface area contributed by atoms with Gasteiger partial charge in [0.15, 0.2) is 5.82 Å². The molecule has 9 heteroatoms. The summed E-state index contributed by atoms with van der Waals surface area (Å²) in [4.78, 5) is 31.5. The fourth-order valence-electron chi connectivity index (χ4n) is 3.14. The SMILES string of the molecule is Cc1ccc(-c2nc(SCC(=O)N(C)c3ccccc3C(=O)NCc3ccco3)n[nH]2)cc1. The Balaban J connectivity index is 1.38. The van der Waals surface area contributed by atoms with Gasteiger partial charge in [-0.05, 0) is 31.2 Å². The highest BCUT2D eigenvalue weighted by atomic mass is 32.2. The van der Waals surface area contributed by atoms with E-state index in [0.29, 0.717) is 28.0 Å². The standard InChI is InChI=1S/C24H23N5O3S/c1-16-9-11-17(12-10-16)22-26-24(28-27-22)33-15-21(30)29(2)20-8-4-3-7-19(20)23(31)25-14-18-6-5-13-32-18/h3-13H,14-15H2,1-2H3,(H,25,31)(H,26,27,28). The number of hydrogen-bond donors (Lipinski definition) is 2. The predicted molar refractivity (Wildman–Crippen MR) is 127 cm³/mol. The third-order valence-corrected chi connectivity index (χ3v) is 5.83. The van der Waals surface area contributed by atoms with Crippen LogP contribution >= 0.6 is 11.8 Å². The van der Waals surface area contributed by atoms with Crippen LogP contribution in [0.3, 0.4) is 0 Å². The zero-order chi connectivity index (χ0) is 23.2. The van der Waals surface area contributed by atoms with Gasteiger partial charge in [-0.25, -0.2) is 4.98 Å². The quantitative estimate of drug-likeness (QED) is 0.384. The lowest BCUT2D eigenvalue weighted by Gasteiger charge is -2.20. The van der Waals surface area contributed by atoms with Gasteiger partial charge in [-0.1, -0.05) is 53.7 Å². The van der Waals surface area contributed by atoms with E-state index in [1.165, 1.54) is 16.7 Å². The number of thioether (sulfide) groups is 1. The molecule has 2 amide bonds. The van der Waals surface area contributed by atoms with Crippen LogP contribution in [-0.2, 0) is 11.3 Å². The molecule has 0 saturated heterocycles. The number of carbonyl (C=O) groups excluding carboxylic acids is 2. The molecule has 0 bridgehead atoms. The van der Waals surface area contributed by atoms with Crippen molar-refractivity contribution in [3.05, 3.63) is 83.8 Å². The zero-order valence-electron chi connectivity index (χ0n) is 18.2. The average molecular weight is 462 g/mol. The van der Waals surface area contributed by atoms with Crippen LogP contribution in [0.1, 0.15) is 21.7 Å². The molecule has 2 aromatic carbocycles. The molecule has 2 heterocycles. The lowest BCUT2D eigenvalue weighted by atomic mass is 10.1. The van der Waals surface area contributed by atoms with Crippen LogP contribution in [0, 0.1) is 6.92 Å². The number of benzene rings is 2. The number of amides is 2. The van der Waals surface area contributed by atoms with E-state index in [4.69, 9.17) is 4.42 Å². The van der Waals surface area contributed by atoms with Gasteiger partial charge in [0, 0.05) is 12.6 Å². The van der Waals surface area contributed by atoms with Crippen LogP contribution in [-0.4, -0.2) is 39.8 Å². The number of anilines is 1. The van der Waals surface area contributed by atoms with E-state index in [0.717, 1.165) is 11.1 Å². The molecule has 0 unspecified atom stereocenters. The minimum absolute atomic E-state index is 0.129. The van der Waals surface area contributed by atoms with Crippen LogP contribution in [0.5, 0.6) is 0 Å². The number of nitrogens with zero attached hydrogens (tertiary/aromatic N) is 3. The van der Waals surface area contributed by atoms with Crippen molar-refractivity contribution in [1.29, 1.82) is 0 Å². The van der Waals surface area contributed by atoms with Crippen LogP contribution in [0.2, 0.25) is 0 Å². The normalized spacial score (nSPS) is 10.7. The van der Waals surface area contributed by atoms with Gasteiger partial charge in [0.2, 0.25) is 11.1 Å². The van der Waals surface area contributed by atoms with Crippen molar-refractivity contribution in [2.75, 3.05) is 17.7 Å². The van der Waals surface area contributed by atoms with Gasteiger partial charge in [-0.3, -0.25) is 14.7 Å². The summed E-state index contributed by atoms with van der Waals surface area (Å²) in [5, 5.41) is 10.4. The van der Waals surface area contributed by atoms with Crippen molar-refractivity contribution in [3.8, 4) is 11.4 Å². The molecule has 0 atom stereocenters. The molecule has 8 nitrogen and oxygen atoms in total. The van der Waals surface area contributed by atoms with Gasteiger partial charge < -0.3 is 14.6 Å². The summed E-state index contributed by atoms with van der Waals surface area (Å²) in [7, 11) is 1.65. The minimum atomic E-state index is -0.286. The second kappa shape index (κ2) is 10.2. The Morgan fingerprint density at radius 1 is 1.09 bits per heavy atom. The summed E-state index contributed by atoms with van der Waals surface area (Å²) in [5.41, 5.74) is 3.02. The molecule has 0 aliphatic carbocycles. The average Bonchev–Trinajstić information content (AvgIpc) is 3.53. The number of nitrogens with one attached hydrogen (secondary N) is 2. The van der Waals surface area contributed by atoms with Crippen LogP contribution < -0.4 is 10.2 Å². The monoisotopic (exact) mass is 461 g/mol. The summed E-state index contributed by atoms with van der Waals surface area (Å²) < 4.78 is 5.25. The third-order valence-electron chi connectivity index (χ3n) is 5.00. The van der Waals surface area contributed by atoms with E-state index < -0.39 is 0 Å². The van der Waals surface area contributed by atoms with E-state index in [1.54, 1.807) is 49.7 Å². The van der Waals surface area contributed by atoms with Crippen molar-refractivity contribution in [3.63, 3.8) is 0 Å². The molecule has 2 aromatic heterocycles. The van der Waals surface area contributed by atoms with Gasteiger partial charge in [-0.15, -0.1) is 5.10 Å². The first kappa shape index (κ1) is 22.3. The number of aromatic amines is 1. The molecule has 0 aliphatic heterocycles. The van der Waals surface area contributed by atoms with Gasteiger partial charge in [0.05, 0.1) is 29.8 Å². The van der Waals surface area contributed by atoms with E-state index in [1.807, 2.05) is 31.2 Å². The predicted octanol–water partition coefficient (Wildman–Crippen LogP) is 4.06. The second-order valence-corrected chi connectivity index (χ2v) is 8.30. The molecule has 168 valence electrons. The van der Waals surface area contributed by atoms with Gasteiger partial charge in [0.1, 0.15) is 5.76 Å². The summed E-state index contributed by atoms with van der Waals surface area (Å²) in [6.07, 6.45) is 1.55. The van der Waals surface area contributed by atoms with E-state index in [9.17, 15) is 9.59 Å². The number of rotatable bonds is 8. The molecule has 4 aromatic rings. The van der Waals surface area contributed by atoms with Gasteiger partial charge >= 0.3 is 0 Å². The van der Waals surface area contributed by atoms with Crippen LogP contribution in [0.15, 0.2) is 76.5 Å². The van der Waals surface area contributed by atoms with Crippen molar-refractivity contribution >= 4 is 29.3 Å². The van der Waals surface area contributed by atoms with Crippen molar-refractivity contribution in [1.82, 2.24) is 20.5 Å². The maximum absolute atomic E-state index is 12.8. The third kappa shape index (κ3) is 5.50. The molecule has 33 heavy (non-hydrogen) atoms. The highest BCUT2D eigenvalue weighted by Crippen LogP contribution is 2.23. The number of furan rings is 1. The van der Waals surface area contributed by atoms with E-state index in [-0.39, 0.29) is 24.1 Å². The highest BCUT2D eigenvalue weighted by molar-refractivity contribution is 7.99. The number of para-hydroxylation sites is 1. The lowest BCUT2D eigenvalue weighted by molar-refractivity contribution is -0.115. The maximum Gasteiger partial charge on any atom is 0.253 e. The minimum Gasteiger partial charge on any atom is -0.467 e. The Kier molecular flexibility index (Phi) is 6.89. The number of hydrogen-bond acceptors (Lipinski definition) is 6. The lowest BCUT2D eigenvalue weighted by Crippen LogP contribution is -2.31. The Morgan fingerprint density at radius 2 is 1.88 bits per heavy atom. The Morgan fingerprint density at radius 3 is 2.64 bits per heavy atom. The zero-order valence-corrected chi connectivity index (χ0v) is 19.1. The summed E-state index contributed by atoms with van der Waals surface area (Å²) in [6.45, 7) is 2.29. The first-order valence-electron chi connectivity index (χ1n) is 10.3. The van der Waals surface area contributed by atoms with Crippen molar-refractivity contribution in [2.45, 2.75) is 18.6 Å². The van der Waals surface area contributed by atoms with Gasteiger partial charge in [0.25, 0.3) is 5.91 Å². The molecule has 0 radical (unpaired) electrons.